The number of hydrogen-bond donors (Lipinski definition) is 7. The van der Waals surface area contributed by atoms with Crippen LogP contribution in [0.25, 0.3) is 0 Å². The highest BCUT2D eigenvalue weighted by molar-refractivity contribution is 5.73. The quantitative estimate of drug-likeness (QED) is 0.167. The number of methoxy groups -OCH3 is 1. The molecule has 0 radical (unpaired) electrons. The third kappa shape index (κ3) is 11.7. The Morgan fingerprint density at radius 2 is 1.58 bits per heavy atom. The molecule has 0 amide bonds. The Balaban J connectivity index is 2.17. The molecule has 0 aromatic heterocycles. The lowest BCUT2D eigenvalue weighted by Crippen LogP contribution is -2.71. The van der Waals surface area contributed by atoms with Gasteiger partial charge in [0, 0.05) is 50.2 Å². The van der Waals surface area contributed by atoms with Gasteiger partial charge in [-0.3, -0.25) is 4.79 Å². The minimum atomic E-state index is -1.80. The Bertz CT molecular complexity index is 1280. The summed E-state index contributed by atoms with van der Waals surface area (Å²) in [6.07, 6.45) is -7.70. The zero-order valence-corrected chi connectivity index (χ0v) is 37.9. The van der Waals surface area contributed by atoms with E-state index in [4.69, 9.17) is 28.4 Å². The molecule has 1 unspecified atom stereocenters. The van der Waals surface area contributed by atoms with Crippen molar-refractivity contribution in [2.45, 2.75) is 211 Å². The lowest BCUT2D eigenvalue weighted by atomic mass is 9.75. The van der Waals surface area contributed by atoms with Crippen LogP contribution in [0.5, 0.6) is 0 Å². The van der Waals surface area contributed by atoms with Gasteiger partial charge in [0.05, 0.1) is 42.0 Å². The number of likely N-dealkylation sites (N-methyl/N-ethyl adjacent to an activating group) is 1. The van der Waals surface area contributed by atoms with Crippen molar-refractivity contribution in [2.24, 2.45) is 17.8 Å². The summed E-state index contributed by atoms with van der Waals surface area (Å²) in [5.41, 5.74) is -6.35. The number of rotatable bonds is 9. The molecule has 336 valence electrons. The average molecular weight is 820 g/mol. The van der Waals surface area contributed by atoms with Gasteiger partial charge in [0.2, 0.25) is 0 Å². The molecule has 0 aromatic carbocycles. The number of carbonyl (C=O) groups is 1. The van der Waals surface area contributed by atoms with Gasteiger partial charge in [0.1, 0.15) is 29.0 Å². The first-order valence-corrected chi connectivity index (χ1v) is 21.1. The largest absolute Gasteiger partial charge is 0.459 e. The van der Waals surface area contributed by atoms with Gasteiger partial charge in [0.15, 0.2) is 12.6 Å². The fourth-order valence-corrected chi connectivity index (χ4v) is 9.14. The number of esters is 1. The number of hydrogen-bond acceptors (Lipinski definition) is 15. The molecule has 0 aromatic rings. The van der Waals surface area contributed by atoms with E-state index in [0.29, 0.717) is 13.0 Å². The standard InChI is InChI=1S/C42H81N3O12/c1-17-30-41(13,50)34(47)23(2)21-43-24(3)19-39(11,49)35(57-37-32(46)29(45(14)15)18-25(4)53-37)26(5)33(27(6)36(48)55-30)56-31-20-40(12,52-16)42(51,28(7)54-31)22-44-38(8,9)10/h23-35,37,43-44,46-47,49-51H,17-22H2,1-16H3/t23-,24-,25-,26-,27-,28+,29+,30+,31?,32-,33-,34+,35-,37+,39+,40-,41-,42+/m1/s1. The summed E-state index contributed by atoms with van der Waals surface area (Å²) >= 11 is 0. The molecule has 3 fully saturated rings. The first-order valence-electron chi connectivity index (χ1n) is 21.1. The van der Waals surface area contributed by atoms with Crippen molar-refractivity contribution in [3.63, 3.8) is 0 Å². The van der Waals surface area contributed by atoms with Crippen molar-refractivity contribution >= 4 is 5.97 Å². The third-order valence-corrected chi connectivity index (χ3v) is 13.1. The van der Waals surface area contributed by atoms with Gasteiger partial charge in [-0.05, 0) is 109 Å². The van der Waals surface area contributed by atoms with Crippen molar-refractivity contribution in [1.29, 1.82) is 0 Å². The zero-order chi connectivity index (χ0) is 43.6. The number of nitrogens with one attached hydrogen (secondary N) is 2. The van der Waals surface area contributed by atoms with Crippen LogP contribution in [0.15, 0.2) is 0 Å². The molecular formula is C42H81N3O12. The zero-order valence-electron chi connectivity index (χ0n) is 37.9. The van der Waals surface area contributed by atoms with E-state index in [0.717, 1.165) is 0 Å². The lowest BCUT2D eigenvalue weighted by Gasteiger charge is -2.54. The van der Waals surface area contributed by atoms with Crippen molar-refractivity contribution in [3.8, 4) is 0 Å². The molecule has 7 N–H and O–H groups in total. The maximum atomic E-state index is 14.4. The Kier molecular flexibility index (Phi) is 17.1. The van der Waals surface area contributed by atoms with Crippen LogP contribution in [0.2, 0.25) is 0 Å². The number of carbonyl (C=O) groups excluding carboxylic acids is 1. The van der Waals surface area contributed by atoms with E-state index in [9.17, 15) is 30.3 Å². The highest BCUT2D eigenvalue weighted by Crippen LogP contribution is 2.43. The maximum Gasteiger partial charge on any atom is 0.311 e. The molecule has 3 rings (SSSR count). The minimum Gasteiger partial charge on any atom is -0.459 e. The van der Waals surface area contributed by atoms with E-state index >= 15 is 0 Å². The van der Waals surface area contributed by atoms with E-state index in [1.165, 1.54) is 14.0 Å². The van der Waals surface area contributed by atoms with E-state index < -0.39 is 95.3 Å². The van der Waals surface area contributed by atoms with E-state index in [2.05, 4.69) is 10.6 Å². The van der Waals surface area contributed by atoms with Crippen LogP contribution in [0.3, 0.4) is 0 Å². The highest BCUT2D eigenvalue weighted by atomic mass is 16.7. The summed E-state index contributed by atoms with van der Waals surface area (Å²) in [4.78, 5) is 16.3. The predicted molar refractivity (Wildman–Crippen MR) is 216 cm³/mol. The Morgan fingerprint density at radius 1 is 0.965 bits per heavy atom. The van der Waals surface area contributed by atoms with Crippen LogP contribution in [0.1, 0.15) is 116 Å². The van der Waals surface area contributed by atoms with Gasteiger partial charge >= 0.3 is 5.97 Å². The number of cyclic esters (lactones) is 1. The van der Waals surface area contributed by atoms with Crippen LogP contribution in [0.4, 0.5) is 0 Å². The van der Waals surface area contributed by atoms with Crippen LogP contribution in [-0.2, 0) is 33.2 Å². The summed E-state index contributed by atoms with van der Waals surface area (Å²) in [6, 6.07) is -0.598. The van der Waals surface area contributed by atoms with Gasteiger partial charge in [-0.15, -0.1) is 0 Å². The molecule has 15 nitrogen and oxygen atoms in total. The topological polar surface area (TPSA) is 201 Å². The fourth-order valence-electron chi connectivity index (χ4n) is 9.14. The second kappa shape index (κ2) is 19.3. The molecule has 18 atom stereocenters. The van der Waals surface area contributed by atoms with E-state index in [1.54, 1.807) is 41.5 Å². The highest BCUT2D eigenvalue weighted by Gasteiger charge is 2.58. The van der Waals surface area contributed by atoms with Gasteiger partial charge in [0.25, 0.3) is 0 Å². The molecule has 3 heterocycles. The monoisotopic (exact) mass is 820 g/mol. The summed E-state index contributed by atoms with van der Waals surface area (Å²) < 4.78 is 38.4. The van der Waals surface area contributed by atoms with Crippen LogP contribution >= 0.6 is 0 Å². The van der Waals surface area contributed by atoms with Crippen molar-refractivity contribution in [3.05, 3.63) is 0 Å². The molecule has 0 bridgehead atoms. The Morgan fingerprint density at radius 3 is 2.12 bits per heavy atom. The maximum absolute atomic E-state index is 14.4. The van der Waals surface area contributed by atoms with Crippen LogP contribution in [-0.4, -0.2) is 166 Å². The van der Waals surface area contributed by atoms with Crippen molar-refractivity contribution in [2.75, 3.05) is 34.3 Å². The van der Waals surface area contributed by atoms with Gasteiger partial charge in [-0.2, -0.15) is 0 Å². The summed E-state index contributed by atoms with van der Waals surface area (Å²) in [6.45, 7) is 24.0. The van der Waals surface area contributed by atoms with E-state index in [-0.39, 0.29) is 49.5 Å². The Hall–Kier alpha value is -1.05. The van der Waals surface area contributed by atoms with Crippen LogP contribution in [0, 0.1) is 17.8 Å². The molecule has 3 aliphatic heterocycles. The molecule has 0 spiro atoms. The molecule has 3 aliphatic rings. The van der Waals surface area contributed by atoms with Crippen molar-refractivity contribution < 1.29 is 58.7 Å². The number of aliphatic hydroxyl groups is 5. The second-order valence-corrected chi connectivity index (χ2v) is 19.6. The average Bonchev–Trinajstić information content (AvgIpc) is 3.11. The van der Waals surface area contributed by atoms with Crippen LogP contribution < -0.4 is 10.6 Å². The lowest BCUT2D eigenvalue weighted by molar-refractivity contribution is -0.336. The van der Waals surface area contributed by atoms with Gasteiger partial charge in [-0.25, -0.2) is 0 Å². The third-order valence-electron chi connectivity index (χ3n) is 13.1. The van der Waals surface area contributed by atoms with Gasteiger partial charge < -0.3 is 69.5 Å². The summed E-state index contributed by atoms with van der Waals surface area (Å²) in [7, 11) is 5.30. The predicted octanol–water partition coefficient (Wildman–Crippen LogP) is 2.32. The fraction of sp³-hybridized carbons (Fsp3) is 0.976. The first kappa shape index (κ1) is 50.3. The molecule has 3 saturated heterocycles. The molecule has 15 heteroatoms. The molecule has 57 heavy (non-hydrogen) atoms. The summed E-state index contributed by atoms with van der Waals surface area (Å²) in [5, 5.41) is 66.2. The molecule has 0 aliphatic carbocycles. The number of ether oxygens (including phenoxy) is 6. The second-order valence-electron chi connectivity index (χ2n) is 19.6. The Labute approximate surface area is 342 Å². The van der Waals surface area contributed by atoms with Crippen molar-refractivity contribution in [1.82, 2.24) is 15.5 Å². The smallest absolute Gasteiger partial charge is 0.311 e. The number of β-amino-alcohol motifs (C(OH)–C–C–N with tert-alkyl or cyclic N) is 1. The van der Waals surface area contributed by atoms with E-state index in [1.807, 2.05) is 60.5 Å². The minimum absolute atomic E-state index is 0.0763. The summed E-state index contributed by atoms with van der Waals surface area (Å²) in [5.74, 6) is -2.98. The number of nitrogens with zero attached hydrogens (tertiary/aromatic N) is 1. The SMILES string of the molecule is CC[C@@H]1OC(=O)[C@H](C)[C@H](OC2C[C@@](C)(OC)[C@](O)(CNC(C)(C)C)[C@H](C)O2)[C@@H](C)[C@@H](O[C@@H]2O[C@H](C)C[C@H](N(C)C)[C@H]2O)[C@@](C)(O)C[C@@H](C)NC[C@@H](C)[C@H](O)[C@]1(C)O. The first-order chi connectivity index (χ1) is 26.0. The number of aliphatic hydroxyl groups excluding tert-OH is 2. The molecule has 0 saturated carbocycles. The molecular weight excluding hydrogens is 738 g/mol. The van der Waals surface area contributed by atoms with Gasteiger partial charge in [-0.1, -0.05) is 20.8 Å². The normalized spacial score (nSPS) is 47.6.